The summed E-state index contributed by atoms with van der Waals surface area (Å²) in [6.45, 7) is 0.282. The van der Waals surface area contributed by atoms with Crippen LogP contribution in [0, 0.1) is 5.82 Å². The minimum Gasteiger partial charge on any atom is -0.324 e. The molecule has 0 saturated heterocycles. The summed E-state index contributed by atoms with van der Waals surface area (Å²) in [6.07, 6.45) is 1.69. The van der Waals surface area contributed by atoms with Crippen molar-refractivity contribution in [2.45, 2.75) is 6.54 Å². The zero-order valence-electron chi connectivity index (χ0n) is 17.0. The molecule has 0 spiro atoms. The predicted octanol–water partition coefficient (Wildman–Crippen LogP) is 5.39. The van der Waals surface area contributed by atoms with Gasteiger partial charge in [-0.25, -0.2) is 14.4 Å². The third kappa shape index (κ3) is 4.26. The van der Waals surface area contributed by atoms with Crippen LogP contribution in [0.25, 0.3) is 11.3 Å². The van der Waals surface area contributed by atoms with Gasteiger partial charge in [-0.05, 0) is 53.1 Å². The zero-order valence-corrected chi connectivity index (χ0v) is 18.7. The van der Waals surface area contributed by atoms with Gasteiger partial charge < -0.3 is 5.32 Å². The molecule has 5 rings (SSSR count). The van der Waals surface area contributed by atoms with E-state index < -0.39 is 8.03 Å². The zero-order chi connectivity index (χ0) is 22.9. The number of nitrogens with one attached hydrogen (secondary N) is 1. The number of fused-ring (bicyclic) bond motifs is 3. The number of benzene rings is 3. The molecule has 0 radical (unpaired) electrons. The first kappa shape index (κ1) is 21.3. The van der Waals surface area contributed by atoms with E-state index in [1.54, 1.807) is 60.8 Å². The number of hydrogen-bond donors (Lipinski definition) is 2. The number of aliphatic imine (C=N–C) groups is 1. The van der Waals surface area contributed by atoms with E-state index in [1.807, 2.05) is 6.07 Å². The van der Waals surface area contributed by atoms with Crippen LogP contribution in [0.2, 0.25) is 5.02 Å². The first-order chi connectivity index (χ1) is 16.0. The highest BCUT2D eigenvalue weighted by atomic mass is 35.5. The Hall–Kier alpha value is -3.51. The van der Waals surface area contributed by atoms with Gasteiger partial charge in [0.25, 0.3) is 0 Å². The van der Waals surface area contributed by atoms with E-state index in [4.69, 9.17) is 16.6 Å². The van der Waals surface area contributed by atoms with Crippen molar-refractivity contribution in [2.75, 3.05) is 5.32 Å². The molecule has 0 saturated carbocycles. The van der Waals surface area contributed by atoms with Crippen molar-refractivity contribution in [1.29, 1.82) is 0 Å². The van der Waals surface area contributed by atoms with E-state index in [0.717, 1.165) is 11.1 Å². The molecule has 2 heterocycles. The summed E-state index contributed by atoms with van der Waals surface area (Å²) in [5, 5.41) is 3.96. The third-order valence-electron chi connectivity index (χ3n) is 5.24. The van der Waals surface area contributed by atoms with E-state index in [2.05, 4.69) is 15.3 Å². The van der Waals surface area contributed by atoms with Gasteiger partial charge in [0.1, 0.15) is 5.82 Å². The molecule has 1 atom stereocenters. The molecule has 162 valence electrons. The Morgan fingerprint density at radius 1 is 1.00 bits per heavy atom. The van der Waals surface area contributed by atoms with Crippen LogP contribution < -0.4 is 10.6 Å². The number of aromatic nitrogens is 2. The van der Waals surface area contributed by atoms with Crippen LogP contribution in [0.15, 0.2) is 77.9 Å². The van der Waals surface area contributed by atoms with Gasteiger partial charge in [-0.15, -0.1) is 0 Å². The molecule has 0 aliphatic carbocycles. The summed E-state index contributed by atoms with van der Waals surface area (Å²) in [5.74, 6) is -0.0141. The largest absolute Gasteiger partial charge is 0.546 e. The van der Waals surface area contributed by atoms with Crippen molar-refractivity contribution >= 4 is 42.3 Å². The van der Waals surface area contributed by atoms with Gasteiger partial charge in [0.15, 0.2) is 0 Å². The molecule has 9 heteroatoms. The fraction of sp³-hybridized carbons (Fsp3) is 0.0417. The van der Waals surface area contributed by atoms with Crippen LogP contribution in [0.4, 0.5) is 16.0 Å². The topological polar surface area (TPSA) is 87.5 Å². The van der Waals surface area contributed by atoms with Crippen LogP contribution in [0.3, 0.4) is 0 Å². The average molecular weight is 478 g/mol. The molecule has 2 N–H and O–H groups in total. The van der Waals surface area contributed by atoms with Gasteiger partial charge in [-0.2, -0.15) is 4.89 Å². The molecule has 0 bridgehead atoms. The second-order valence-electron chi connectivity index (χ2n) is 7.35. The maximum atomic E-state index is 14.6. The van der Waals surface area contributed by atoms with Crippen molar-refractivity contribution in [1.82, 2.24) is 9.97 Å². The van der Waals surface area contributed by atoms with Crippen LogP contribution in [-0.4, -0.2) is 20.6 Å². The Morgan fingerprint density at radius 3 is 2.55 bits per heavy atom. The van der Waals surface area contributed by atoms with Gasteiger partial charge >= 0.3 is 8.03 Å². The van der Waals surface area contributed by atoms with Crippen molar-refractivity contribution in [3.05, 3.63) is 100 Å². The highest BCUT2D eigenvalue weighted by molar-refractivity contribution is 7.47. The Kier molecular flexibility index (Phi) is 5.68. The van der Waals surface area contributed by atoms with Gasteiger partial charge in [0.05, 0.1) is 18.0 Å². The minimum absolute atomic E-state index is 0.282. The SMILES string of the molecule is O=[P+](O)c1ccc(Nc2ncc3c(n2)-c2ccc(Cl)cc2C(c2ccccc2F)=NC3)cc1. The normalized spacial score (nSPS) is 12.8. The summed E-state index contributed by atoms with van der Waals surface area (Å²) < 4.78 is 25.8. The second kappa shape index (κ2) is 8.79. The Labute approximate surface area is 194 Å². The number of halogens is 2. The van der Waals surface area contributed by atoms with Crippen LogP contribution in [-0.2, 0) is 11.1 Å². The maximum Gasteiger partial charge on any atom is 0.546 e. The molecule has 0 fully saturated rings. The van der Waals surface area contributed by atoms with E-state index in [1.165, 1.54) is 6.07 Å². The standard InChI is InChI=1S/C24H15ClFN4O2P/c25-15-5-10-18-20(11-15)23(19-3-1-2-4-21(19)26)27-12-14-13-28-24(30-22(14)18)29-16-6-8-17(9-7-16)33(31)32/h1-11,13H,12H2,(H-,28,29,30,31,32)/p+1. The monoisotopic (exact) mass is 477 g/mol. The van der Waals surface area contributed by atoms with Crippen molar-refractivity contribution in [3.8, 4) is 11.3 Å². The summed E-state index contributed by atoms with van der Waals surface area (Å²) in [4.78, 5) is 23.0. The molecule has 0 amide bonds. The number of nitrogens with zero attached hydrogens (tertiary/aromatic N) is 3. The first-order valence-corrected chi connectivity index (χ1v) is 11.6. The Balaban J connectivity index is 1.57. The molecular formula is C24H16ClFN4O2P+. The van der Waals surface area contributed by atoms with Gasteiger partial charge in [-0.3, -0.25) is 4.99 Å². The molecule has 4 aromatic rings. The van der Waals surface area contributed by atoms with Gasteiger partial charge in [0, 0.05) is 39.2 Å². The minimum atomic E-state index is -2.39. The molecule has 33 heavy (non-hydrogen) atoms. The molecule has 6 nitrogen and oxygen atoms in total. The van der Waals surface area contributed by atoms with Gasteiger partial charge in [-0.1, -0.05) is 29.8 Å². The number of anilines is 2. The van der Waals surface area contributed by atoms with Crippen molar-refractivity contribution < 1.29 is 13.8 Å². The van der Waals surface area contributed by atoms with E-state index in [0.29, 0.717) is 44.5 Å². The molecule has 1 aromatic heterocycles. The van der Waals surface area contributed by atoms with Crippen LogP contribution >= 0.6 is 19.6 Å². The fourth-order valence-corrected chi connectivity index (χ4v) is 4.25. The lowest BCUT2D eigenvalue weighted by Gasteiger charge is -2.13. The molecular weight excluding hydrogens is 462 g/mol. The number of rotatable bonds is 4. The first-order valence-electron chi connectivity index (χ1n) is 9.98. The lowest BCUT2D eigenvalue weighted by molar-refractivity contribution is 0.513. The summed E-state index contributed by atoms with van der Waals surface area (Å²) >= 11 is 6.29. The Bertz CT molecular complexity index is 1430. The highest BCUT2D eigenvalue weighted by Crippen LogP contribution is 2.34. The molecule has 1 aliphatic heterocycles. The summed E-state index contributed by atoms with van der Waals surface area (Å²) in [7, 11) is -2.39. The maximum absolute atomic E-state index is 14.6. The quantitative estimate of drug-likeness (QED) is 0.385. The summed E-state index contributed by atoms with van der Waals surface area (Å²) in [6, 6.07) is 18.4. The average Bonchev–Trinajstić information content (AvgIpc) is 2.96. The lowest BCUT2D eigenvalue weighted by atomic mass is 9.95. The van der Waals surface area contributed by atoms with E-state index in [-0.39, 0.29) is 12.4 Å². The van der Waals surface area contributed by atoms with E-state index >= 15 is 0 Å². The highest BCUT2D eigenvalue weighted by Gasteiger charge is 2.23. The van der Waals surface area contributed by atoms with Gasteiger partial charge in [0.2, 0.25) is 11.3 Å². The predicted molar refractivity (Wildman–Crippen MR) is 127 cm³/mol. The fourth-order valence-electron chi connectivity index (χ4n) is 3.67. The van der Waals surface area contributed by atoms with Crippen LogP contribution in [0.1, 0.15) is 16.7 Å². The molecule has 1 unspecified atom stereocenters. The third-order valence-corrected chi connectivity index (χ3v) is 6.21. The summed E-state index contributed by atoms with van der Waals surface area (Å²) in [5.41, 5.74) is 4.49. The van der Waals surface area contributed by atoms with Crippen LogP contribution in [0.5, 0.6) is 0 Å². The Morgan fingerprint density at radius 2 is 1.79 bits per heavy atom. The second-order valence-corrected chi connectivity index (χ2v) is 8.85. The number of hydrogen-bond acceptors (Lipinski definition) is 5. The van der Waals surface area contributed by atoms with Crippen molar-refractivity contribution in [2.24, 2.45) is 4.99 Å². The van der Waals surface area contributed by atoms with E-state index in [9.17, 15) is 13.8 Å². The lowest BCUT2D eigenvalue weighted by Crippen LogP contribution is -2.07. The van der Waals surface area contributed by atoms with Crippen molar-refractivity contribution in [3.63, 3.8) is 0 Å². The molecule has 3 aromatic carbocycles. The molecule has 1 aliphatic rings. The smallest absolute Gasteiger partial charge is 0.324 e.